The van der Waals surface area contributed by atoms with E-state index in [-0.39, 0.29) is 24.8 Å². The first-order chi connectivity index (χ1) is 13.9. The Morgan fingerprint density at radius 3 is 2.59 bits per heavy atom. The molecule has 0 aromatic heterocycles. The Morgan fingerprint density at radius 2 is 1.93 bits per heavy atom. The van der Waals surface area contributed by atoms with E-state index >= 15 is 0 Å². The number of Topliss-reactive ketones (excluding diaryl/α,β-unsaturated/α-hetero) is 1. The molecule has 0 spiro atoms. The molecule has 0 amide bonds. The third-order valence-corrected chi connectivity index (χ3v) is 4.56. The van der Waals surface area contributed by atoms with Crippen LogP contribution in [0.1, 0.15) is 46.8 Å². The van der Waals surface area contributed by atoms with Crippen molar-refractivity contribution in [1.29, 1.82) is 0 Å². The third-order valence-electron chi connectivity index (χ3n) is 4.56. The molecule has 0 bridgehead atoms. The highest BCUT2D eigenvalue weighted by Crippen LogP contribution is 2.37. The maximum Gasteiger partial charge on any atom is 0.344 e. The monoisotopic (exact) mass is 392 g/mol. The number of esters is 1. The van der Waals surface area contributed by atoms with Gasteiger partial charge in [0.25, 0.3) is 0 Å². The van der Waals surface area contributed by atoms with Crippen molar-refractivity contribution in [3.8, 4) is 11.5 Å². The summed E-state index contributed by atoms with van der Waals surface area (Å²) in [5.74, 6) is 0.915. The van der Waals surface area contributed by atoms with Gasteiger partial charge in [-0.25, -0.2) is 4.79 Å². The van der Waals surface area contributed by atoms with E-state index in [9.17, 15) is 9.59 Å². The van der Waals surface area contributed by atoms with E-state index in [1.165, 1.54) is 11.6 Å². The van der Waals surface area contributed by atoms with Gasteiger partial charge in [-0.3, -0.25) is 4.79 Å². The second kappa shape index (κ2) is 8.78. The highest BCUT2D eigenvalue weighted by molar-refractivity contribution is 6.15. The summed E-state index contributed by atoms with van der Waals surface area (Å²) in [7, 11) is 0. The van der Waals surface area contributed by atoms with E-state index < -0.39 is 5.97 Å². The van der Waals surface area contributed by atoms with Crippen LogP contribution in [0.25, 0.3) is 6.08 Å². The van der Waals surface area contributed by atoms with Crippen LogP contribution in [0.4, 0.5) is 0 Å². The SMILES string of the molecule is C=CCOC(=O)COc1cc(C)c2c(c1)O/C(=C\c1ccc(C(C)C)cc1)C2=O. The van der Waals surface area contributed by atoms with Gasteiger partial charge in [0.05, 0.1) is 5.56 Å². The molecule has 0 saturated heterocycles. The Labute approximate surface area is 170 Å². The van der Waals surface area contributed by atoms with Gasteiger partial charge in [0.15, 0.2) is 12.4 Å². The largest absolute Gasteiger partial charge is 0.482 e. The first kappa shape index (κ1) is 20.4. The van der Waals surface area contributed by atoms with Crippen molar-refractivity contribution < 1.29 is 23.8 Å². The van der Waals surface area contributed by atoms with Crippen molar-refractivity contribution in [3.05, 3.63) is 77.1 Å². The first-order valence-corrected chi connectivity index (χ1v) is 9.47. The van der Waals surface area contributed by atoms with Gasteiger partial charge in [-0.2, -0.15) is 0 Å². The highest BCUT2D eigenvalue weighted by Gasteiger charge is 2.30. The van der Waals surface area contributed by atoms with Crippen LogP contribution < -0.4 is 9.47 Å². The lowest BCUT2D eigenvalue weighted by atomic mass is 10.0. The standard InChI is InChI=1S/C24H24O5/c1-5-10-27-22(25)14-28-19-11-16(4)23-20(13-19)29-21(24(23)26)12-17-6-8-18(9-7-17)15(2)3/h5-9,11-13,15H,1,10,14H2,2-4H3/b21-12-. The van der Waals surface area contributed by atoms with Crippen molar-refractivity contribution in [2.75, 3.05) is 13.2 Å². The maximum absolute atomic E-state index is 12.8. The van der Waals surface area contributed by atoms with Gasteiger partial charge in [0, 0.05) is 6.07 Å². The molecule has 0 saturated carbocycles. The zero-order valence-corrected chi connectivity index (χ0v) is 16.9. The lowest BCUT2D eigenvalue weighted by Crippen LogP contribution is -2.14. The minimum Gasteiger partial charge on any atom is -0.482 e. The van der Waals surface area contributed by atoms with Crippen LogP contribution in [0.3, 0.4) is 0 Å². The average molecular weight is 392 g/mol. The predicted octanol–water partition coefficient (Wildman–Crippen LogP) is 4.84. The van der Waals surface area contributed by atoms with Crippen LogP contribution in [0, 0.1) is 6.92 Å². The minimum atomic E-state index is -0.495. The summed E-state index contributed by atoms with van der Waals surface area (Å²) in [6.07, 6.45) is 3.22. The van der Waals surface area contributed by atoms with Crippen LogP contribution in [0.15, 0.2) is 54.8 Å². The van der Waals surface area contributed by atoms with Gasteiger partial charge in [0.2, 0.25) is 5.78 Å². The minimum absolute atomic E-state index is 0.134. The smallest absolute Gasteiger partial charge is 0.344 e. The number of allylic oxidation sites excluding steroid dienone is 1. The Morgan fingerprint density at radius 1 is 1.21 bits per heavy atom. The topological polar surface area (TPSA) is 61.8 Å². The molecule has 2 aromatic rings. The van der Waals surface area contributed by atoms with Gasteiger partial charge >= 0.3 is 5.97 Å². The summed E-state index contributed by atoms with van der Waals surface area (Å²) in [6, 6.07) is 11.4. The van der Waals surface area contributed by atoms with E-state index in [4.69, 9.17) is 14.2 Å². The predicted molar refractivity (Wildman–Crippen MR) is 111 cm³/mol. The van der Waals surface area contributed by atoms with E-state index in [2.05, 4.69) is 20.4 Å². The second-order valence-corrected chi connectivity index (χ2v) is 7.13. The summed E-state index contributed by atoms with van der Waals surface area (Å²) in [6.45, 7) is 9.47. The Balaban J connectivity index is 1.76. The molecule has 5 nitrogen and oxygen atoms in total. The molecule has 0 radical (unpaired) electrons. The van der Waals surface area contributed by atoms with Crippen LogP contribution in [-0.2, 0) is 9.53 Å². The van der Waals surface area contributed by atoms with Gasteiger partial charge in [-0.1, -0.05) is 50.8 Å². The van der Waals surface area contributed by atoms with E-state index in [0.717, 1.165) is 11.1 Å². The number of hydrogen-bond acceptors (Lipinski definition) is 5. The summed E-state index contributed by atoms with van der Waals surface area (Å²) >= 11 is 0. The molecule has 150 valence electrons. The number of aryl methyl sites for hydroxylation is 1. The number of ether oxygens (including phenoxy) is 3. The first-order valence-electron chi connectivity index (χ1n) is 9.47. The number of carbonyl (C=O) groups is 2. The molecule has 0 atom stereocenters. The van der Waals surface area contributed by atoms with E-state index in [0.29, 0.717) is 23.0 Å². The third kappa shape index (κ3) is 4.74. The van der Waals surface area contributed by atoms with Crippen LogP contribution in [0.2, 0.25) is 0 Å². The molecular formula is C24H24O5. The van der Waals surface area contributed by atoms with Crippen LogP contribution in [-0.4, -0.2) is 25.0 Å². The maximum atomic E-state index is 12.8. The number of hydrogen-bond donors (Lipinski definition) is 0. The number of benzene rings is 2. The Bertz CT molecular complexity index is 968. The molecule has 0 fully saturated rings. The fourth-order valence-corrected chi connectivity index (χ4v) is 3.03. The highest BCUT2D eigenvalue weighted by atomic mass is 16.6. The quantitative estimate of drug-likeness (QED) is 0.383. The number of ketones is 1. The zero-order chi connectivity index (χ0) is 21.0. The van der Waals surface area contributed by atoms with E-state index in [1.807, 2.05) is 31.2 Å². The lowest BCUT2D eigenvalue weighted by Gasteiger charge is -2.08. The molecular weight excluding hydrogens is 368 g/mol. The normalized spacial score (nSPS) is 13.9. The van der Waals surface area contributed by atoms with Crippen molar-refractivity contribution >= 4 is 17.8 Å². The van der Waals surface area contributed by atoms with Crippen molar-refractivity contribution in [2.24, 2.45) is 0 Å². The second-order valence-electron chi connectivity index (χ2n) is 7.13. The molecule has 2 aromatic carbocycles. The molecule has 3 rings (SSSR count). The summed E-state index contributed by atoms with van der Waals surface area (Å²) in [5, 5.41) is 0. The zero-order valence-electron chi connectivity index (χ0n) is 16.9. The fraction of sp³-hybridized carbons (Fsp3) is 0.250. The summed E-state index contributed by atoms with van der Waals surface area (Å²) in [5.41, 5.74) is 3.36. The van der Waals surface area contributed by atoms with Crippen molar-refractivity contribution in [2.45, 2.75) is 26.7 Å². The molecule has 1 aliphatic heterocycles. The Kier molecular flexibility index (Phi) is 6.17. The molecule has 0 N–H and O–H groups in total. The van der Waals surface area contributed by atoms with Gasteiger partial charge in [-0.05, 0) is 41.7 Å². The van der Waals surface area contributed by atoms with Gasteiger partial charge < -0.3 is 14.2 Å². The van der Waals surface area contributed by atoms with Gasteiger partial charge in [-0.15, -0.1) is 0 Å². The molecule has 29 heavy (non-hydrogen) atoms. The molecule has 5 heteroatoms. The van der Waals surface area contributed by atoms with Crippen molar-refractivity contribution in [3.63, 3.8) is 0 Å². The average Bonchev–Trinajstić information content (AvgIpc) is 3.00. The number of carbonyl (C=O) groups excluding carboxylic acids is 2. The van der Waals surface area contributed by atoms with Crippen LogP contribution in [0.5, 0.6) is 11.5 Å². The van der Waals surface area contributed by atoms with Gasteiger partial charge in [0.1, 0.15) is 18.1 Å². The summed E-state index contributed by atoms with van der Waals surface area (Å²) in [4.78, 5) is 24.4. The molecule has 0 unspecified atom stereocenters. The summed E-state index contributed by atoms with van der Waals surface area (Å²) < 4.78 is 16.2. The fourth-order valence-electron chi connectivity index (χ4n) is 3.03. The molecule has 1 aliphatic rings. The van der Waals surface area contributed by atoms with Crippen molar-refractivity contribution in [1.82, 2.24) is 0 Å². The van der Waals surface area contributed by atoms with Crippen LogP contribution >= 0.6 is 0 Å². The lowest BCUT2D eigenvalue weighted by molar-refractivity contribution is -0.144. The molecule has 0 aliphatic carbocycles. The molecule has 1 heterocycles. The Hall–Kier alpha value is -3.34. The number of fused-ring (bicyclic) bond motifs is 1. The number of rotatable bonds is 7. The van der Waals surface area contributed by atoms with E-state index in [1.54, 1.807) is 18.2 Å².